The average Bonchev–Trinajstić information content (AvgIpc) is 2.22. The van der Waals surface area contributed by atoms with Gasteiger partial charge in [-0.05, 0) is 24.8 Å². The van der Waals surface area contributed by atoms with E-state index in [1.807, 2.05) is 6.08 Å². The lowest BCUT2D eigenvalue weighted by molar-refractivity contribution is -0.123. The van der Waals surface area contributed by atoms with Crippen LogP contribution in [0, 0.1) is 16.7 Å². The van der Waals surface area contributed by atoms with Gasteiger partial charge < -0.3 is 0 Å². The van der Waals surface area contributed by atoms with Gasteiger partial charge in [-0.2, -0.15) is 0 Å². The second-order valence-electron chi connectivity index (χ2n) is 5.54. The molecule has 0 bridgehead atoms. The van der Waals surface area contributed by atoms with Crippen LogP contribution in [0.5, 0.6) is 0 Å². The summed E-state index contributed by atoms with van der Waals surface area (Å²) in [5.41, 5.74) is 1.31. The Bertz CT molecular complexity index is 346. The molecule has 0 aromatic rings. The van der Waals surface area contributed by atoms with Crippen molar-refractivity contribution >= 4 is 5.78 Å². The number of rotatable bonds is 0. The van der Waals surface area contributed by atoms with E-state index in [-0.39, 0.29) is 16.7 Å². The quantitative estimate of drug-likeness (QED) is 0.536. The standard InChI is InChI=1S/C13H18O/c1-9-8-10(14)11-12(2,3)6-5-7-13(9,11)4/h5,7-8,11H,6H2,1-4H3. The second kappa shape index (κ2) is 2.59. The lowest BCUT2D eigenvalue weighted by atomic mass is 9.59. The first-order valence-corrected chi connectivity index (χ1v) is 5.28. The van der Waals surface area contributed by atoms with E-state index >= 15 is 0 Å². The van der Waals surface area contributed by atoms with E-state index in [1.165, 1.54) is 5.57 Å². The van der Waals surface area contributed by atoms with Gasteiger partial charge in [-0.25, -0.2) is 0 Å². The summed E-state index contributed by atoms with van der Waals surface area (Å²) in [5.74, 6) is 0.472. The lowest BCUT2D eigenvalue weighted by Gasteiger charge is -2.43. The Morgan fingerprint density at radius 2 is 2.00 bits per heavy atom. The Morgan fingerprint density at radius 3 is 2.57 bits per heavy atom. The Morgan fingerprint density at radius 1 is 1.36 bits per heavy atom. The van der Waals surface area contributed by atoms with Crippen LogP contribution in [-0.2, 0) is 4.79 Å². The Hall–Kier alpha value is -0.850. The molecule has 0 saturated carbocycles. The van der Waals surface area contributed by atoms with Crippen molar-refractivity contribution in [3.05, 3.63) is 23.8 Å². The van der Waals surface area contributed by atoms with Gasteiger partial charge in [-0.1, -0.05) is 38.5 Å². The number of carbonyl (C=O) groups excluding carboxylic acids is 1. The zero-order valence-electron chi connectivity index (χ0n) is 9.42. The summed E-state index contributed by atoms with van der Waals surface area (Å²) in [4.78, 5) is 11.9. The van der Waals surface area contributed by atoms with Crippen molar-refractivity contribution < 1.29 is 4.79 Å². The van der Waals surface area contributed by atoms with E-state index in [4.69, 9.17) is 0 Å². The molecule has 14 heavy (non-hydrogen) atoms. The molecule has 1 nitrogen and oxygen atoms in total. The number of hydrogen-bond donors (Lipinski definition) is 0. The van der Waals surface area contributed by atoms with Crippen LogP contribution in [0.4, 0.5) is 0 Å². The first-order chi connectivity index (χ1) is 6.38. The van der Waals surface area contributed by atoms with Gasteiger partial charge in [0, 0.05) is 11.3 Å². The highest BCUT2D eigenvalue weighted by molar-refractivity contribution is 5.97. The molecular formula is C13H18O. The summed E-state index contributed by atoms with van der Waals surface area (Å²) in [6.45, 7) is 8.66. The van der Waals surface area contributed by atoms with Crippen LogP contribution >= 0.6 is 0 Å². The maximum atomic E-state index is 11.9. The maximum absolute atomic E-state index is 11.9. The van der Waals surface area contributed by atoms with Gasteiger partial charge in [-0.3, -0.25) is 4.79 Å². The number of ketones is 1. The number of hydrogen-bond acceptors (Lipinski definition) is 1. The fourth-order valence-electron chi connectivity index (χ4n) is 3.13. The minimum absolute atomic E-state index is 0.0150. The molecule has 0 heterocycles. The molecule has 1 heteroatoms. The van der Waals surface area contributed by atoms with Crippen LogP contribution < -0.4 is 0 Å². The molecule has 0 N–H and O–H groups in total. The Labute approximate surface area is 85.9 Å². The fraction of sp³-hybridized carbons (Fsp3) is 0.615. The summed E-state index contributed by atoms with van der Waals surface area (Å²) < 4.78 is 0. The number of fused-ring (bicyclic) bond motifs is 1. The summed E-state index contributed by atoms with van der Waals surface area (Å²) in [7, 11) is 0. The van der Waals surface area contributed by atoms with Crippen LogP contribution in [0.3, 0.4) is 0 Å². The molecular weight excluding hydrogens is 172 g/mol. The topological polar surface area (TPSA) is 17.1 Å². The fourth-order valence-corrected chi connectivity index (χ4v) is 3.13. The van der Waals surface area contributed by atoms with Crippen molar-refractivity contribution in [2.24, 2.45) is 16.7 Å². The zero-order valence-corrected chi connectivity index (χ0v) is 9.42. The van der Waals surface area contributed by atoms with Gasteiger partial charge in [0.15, 0.2) is 5.78 Å². The predicted octanol–water partition coefficient (Wildman–Crippen LogP) is 3.12. The van der Waals surface area contributed by atoms with E-state index < -0.39 is 0 Å². The first-order valence-electron chi connectivity index (χ1n) is 5.28. The molecule has 0 spiro atoms. The largest absolute Gasteiger partial charge is 0.294 e. The molecule has 2 aliphatic rings. The summed E-state index contributed by atoms with van der Waals surface area (Å²) in [6.07, 6.45) is 7.30. The number of allylic oxidation sites excluding steroid dienone is 4. The van der Waals surface area contributed by atoms with Crippen LogP contribution in [0.1, 0.15) is 34.1 Å². The van der Waals surface area contributed by atoms with Crippen molar-refractivity contribution in [2.45, 2.75) is 34.1 Å². The monoisotopic (exact) mass is 190 g/mol. The predicted molar refractivity (Wildman–Crippen MR) is 57.9 cm³/mol. The highest BCUT2D eigenvalue weighted by Gasteiger charge is 2.51. The maximum Gasteiger partial charge on any atom is 0.160 e. The first kappa shape index (κ1) is 9.70. The van der Waals surface area contributed by atoms with Gasteiger partial charge in [0.25, 0.3) is 0 Å². The third-order valence-corrected chi connectivity index (χ3v) is 3.98. The zero-order chi connectivity index (χ0) is 10.6. The van der Waals surface area contributed by atoms with Gasteiger partial charge >= 0.3 is 0 Å². The summed E-state index contributed by atoms with van der Waals surface area (Å²) in [6, 6.07) is 0. The SMILES string of the molecule is CC1=CC(=O)C2C(C)(C)CC=CC12C. The Kier molecular flexibility index (Phi) is 1.79. The van der Waals surface area contributed by atoms with E-state index in [0.29, 0.717) is 5.78 Å². The molecule has 0 aromatic carbocycles. The van der Waals surface area contributed by atoms with Crippen LogP contribution in [0.2, 0.25) is 0 Å². The van der Waals surface area contributed by atoms with Crippen molar-refractivity contribution in [2.75, 3.05) is 0 Å². The normalized spacial score (nSPS) is 39.6. The van der Waals surface area contributed by atoms with Crippen LogP contribution in [0.25, 0.3) is 0 Å². The van der Waals surface area contributed by atoms with Crippen molar-refractivity contribution in [3.63, 3.8) is 0 Å². The van der Waals surface area contributed by atoms with Gasteiger partial charge in [0.2, 0.25) is 0 Å². The minimum Gasteiger partial charge on any atom is -0.294 e. The Balaban J connectivity index is 2.54. The van der Waals surface area contributed by atoms with E-state index in [2.05, 4.69) is 39.8 Å². The molecule has 76 valence electrons. The molecule has 2 atom stereocenters. The van der Waals surface area contributed by atoms with Crippen molar-refractivity contribution in [1.82, 2.24) is 0 Å². The molecule has 0 saturated heterocycles. The highest BCUT2D eigenvalue weighted by Crippen LogP contribution is 2.54. The van der Waals surface area contributed by atoms with Crippen molar-refractivity contribution in [3.8, 4) is 0 Å². The summed E-state index contributed by atoms with van der Waals surface area (Å²) in [5, 5.41) is 0. The molecule has 0 aromatic heterocycles. The molecule has 0 fully saturated rings. The third-order valence-electron chi connectivity index (χ3n) is 3.98. The third kappa shape index (κ3) is 1.05. The molecule has 2 unspecified atom stereocenters. The minimum atomic E-state index is -0.0150. The molecule has 0 amide bonds. The van der Waals surface area contributed by atoms with E-state index in [0.717, 1.165) is 6.42 Å². The smallest absolute Gasteiger partial charge is 0.160 e. The van der Waals surface area contributed by atoms with E-state index in [9.17, 15) is 4.79 Å². The number of carbonyl (C=O) groups is 1. The van der Waals surface area contributed by atoms with Gasteiger partial charge in [0.05, 0.1) is 0 Å². The van der Waals surface area contributed by atoms with Crippen LogP contribution in [0.15, 0.2) is 23.8 Å². The van der Waals surface area contributed by atoms with E-state index in [1.54, 1.807) is 0 Å². The van der Waals surface area contributed by atoms with Gasteiger partial charge in [0.1, 0.15) is 0 Å². The molecule has 2 rings (SSSR count). The second-order valence-corrected chi connectivity index (χ2v) is 5.54. The molecule has 2 aliphatic carbocycles. The lowest BCUT2D eigenvalue weighted by Crippen LogP contribution is -2.40. The summed E-state index contributed by atoms with van der Waals surface area (Å²) >= 11 is 0. The highest BCUT2D eigenvalue weighted by atomic mass is 16.1. The van der Waals surface area contributed by atoms with Gasteiger partial charge in [-0.15, -0.1) is 0 Å². The molecule has 0 aliphatic heterocycles. The van der Waals surface area contributed by atoms with Crippen molar-refractivity contribution in [1.29, 1.82) is 0 Å². The molecule has 0 radical (unpaired) electrons. The van der Waals surface area contributed by atoms with Crippen LogP contribution in [-0.4, -0.2) is 5.78 Å². The average molecular weight is 190 g/mol.